The Kier molecular flexibility index (Phi) is 6.20. The first kappa shape index (κ1) is 21.5. The molecule has 2 aliphatic heterocycles. The quantitative estimate of drug-likeness (QED) is 0.737. The highest BCUT2D eigenvalue weighted by Gasteiger charge is 2.38. The highest BCUT2D eigenvalue weighted by Crippen LogP contribution is 2.42. The molecular weight excluding hydrogens is 402 g/mol. The van der Waals surface area contributed by atoms with Gasteiger partial charge in [0, 0.05) is 12.0 Å². The van der Waals surface area contributed by atoms with Crippen LogP contribution in [0, 0.1) is 11.3 Å². The van der Waals surface area contributed by atoms with Gasteiger partial charge in [0.25, 0.3) is 0 Å². The van der Waals surface area contributed by atoms with E-state index >= 15 is 0 Å². The summed E-state index contributed by atoms with van der Waals surface area (Å²) >= 11 is 0. The van der Waals surface area contributed by atoms with Gasteiger partial charge < -0.3 is 24.8 Å². The molecule has 6 heteroatoms. The van der Waals surface area contributed by atoms with Crippen molar-refractivity contribution in [1.29, 1.82) is 5.26 Å². The Bertz CT molecular complexity index is 1120. The number of nitrogens with zero attached hydrogens (tertiary/aromatic N) is 1. The van der Waals surface area contributed by atoms with Crippen molar-refractivity contribution in [3.63, 3.8) is 0 Å². The van der Waals surface area contributed by atoms with Crippen molar-refractivity contribution in [2.75, 3.05) is 27.3 Å². The smallest absolute Gasteiger partial charge is 0.205 e. The van der Waals surface area contributed by atoms with E-state index in [0.29, 0.717) is 12.0 Å². The number of likely N-dealkylation sites (N-methyl/N-ethyl adjacent to an activating group) is 1. The summed E-state index contributed by atoms with van der Waals surface area (Å²) in [5.41, 5.74) is 11.0. The highest BCUT2D eigenvalue weighted by atomic mass is 16.5. The number of nitrogens with one attached hydrogen (secondary N) is 1. The maximum Gasteiger partial charge on any atom is 0.205 e. The fourth-order valence-corrected chi connectivity index (χ4v) is 4.35. The normalized spacial score (nSPS) is 20.1. The van der Waals surface area contributed by atoms with E-state index in [1.807, 2.05) is 36.4 Å². The summed E-state index contributed by atoms with van der Waals surface area (Å²) in [5.74, 6) is 2.32. The van der Waals surface area contributed by atoms with Crippen molar-refractivity contribution in [1.82, 2.24) is 0 Å². The lowest BCUT2D eigenvalue weighted by Crippen LogP contribution is -3.08. The van der Waals surface area contributed by atoms with E-state index in [1.54, 1.807) is 14.2 Å². The lowest BCUT2D eigenvalue weighted by Gasteiger charge is -2.34. The number of nitriles is 1. The Morgan fingerprint density at radius 3 is 2.25 bits per heavy atom. The van der Waals surface area contributed by atoms with E-state index < -0.39 is 0 Å². The van der Waals surface area contributed by atoms with Gasteiger partial charge in [0.1, 0.15) is 41.6 Å². The molecule has 0 radical (unpaired) electrons. The van der Waals surface area contributed by atoms with E-state index in [-0.39, 0.29) is 11.8 Å². The average molecular weight is 431 g/mol. The van der Waals surface area contributed by atoms with Crippen LogP contribution in [0.4, 0.5) is 0 Å². The molecule has 2 aliphatic rings. The molecular formula is C26H28N3O3+. The number of hydrogen-bond acceptors (Lipinski definition) is 5. The second-order valence-corrected chi connectivity index (χ2v) is 7.94. The topological polar surface area (TPSA) is 81.9 Å². The Morgan fingerprint density at radius 2 is 1.69 bits per heavy atom. The van der Waals surface area contributed by atoms with E-state index in [9.17, 15) is 5.26 Å². The number of hydrogen-bond donors (Lipinski definition) is 2. The largest absolute Gasteiger partial charge is 0.497 e. The lowest BCUT2D eigenvalue weighted by molar-refractivity contribution is -0.841. The van der Waals surface area contributed by atoms with Gasteiger partial charge in [-0.1, -0.05) is 24.3 Å². The molecule has 6 nitrogen and oxygen atoms in total. The molecule has 0 spiro atoms. The van der Waals surface area contributed by atoms with Crippen LogP contribution in [0.5, 0.6) is 11.5 Å². The first-order chi connectivity index (χ1) is 15.6. The Balaban J connectivity index is 1.77. The first-order valence-electron chi connectivity index (χ1n) is 10.7. The molecule has 3 N–H and O–H groups in total. The lowest BCUT2D eigenvalue weighted by atomic mass is 9.80. The molecule has 0 aromatic heterocycles. The number of benzene rings is 2. The molecule has 2 heterocycles. The van der Waals surface area contributed by atoms with Crippen LogP contribution >= 0.6 is 0 Å². The van der Waals surface area contributed by atoms with Crippen LogP contribution in [-0.2, 0) is 11.2 Å². The zero-order chi connectivity index (χ0) is 22.7. The van der Waals surface area contributed by atoms with Crippen LogP contribution in [0.3, 0.4) is 0 Å². The van der Waals surface area contributed by atoms with Crippen LogP contribution in [0.15, 0.2) is 83.1 Å². The third-order valence-electron chi connectivity index (χ3n) is 6.07. The second kappa shape index (κ2) is 9.21. The number of allylic oxidation sites excluding steroid dienone is 2. The van der Waals surface area contributed by atoms with Gasteiger partial charge in [-0.15, -0.1) is 0 Å². The van der Waals surface area contributed by atoms with Gasteiger partial charge in [-0.3, -0.25) is 0 Å². The third-order valence-corrected chi connectivity index (χ3v) is 6.07. The molecule has 0 amide bonds. The zero-order valence-electron chi connectivity index (χ0n) is 18.6. The SMILES string of the molecule is CC[NH+]1C=C(Cc2ccc(OC)cc2)C2=C(C1)[C@H](c1ccc(OC)cc1)C(C#N)=C(N)O2. The standard InChI is InChI=1S/C26H27N3O3/c1-4-29-15-19(13-17-5-9-20(30-2)10-6-17)25-23(16-29)24(22(14-27)26(28)32-25)18-7-11-21(31-3)12-8-18/h5-12,15,24H,4,13,16,28H2,1-3H3/p+1/t24-/m1/s1. The molecule has 32 heavy (non-hydrogen) atoms. The summed E-state index contributed by atoms with van der Waals surface area (Å²) in [5, 5.41) is 9.91. The van der Waals surface area contributed by atoms with Crippen LogP contribution in [0.2, 0.25) is 0 Å². The van der Waals surface area contributed by atoms with Crippen LogP contribution in [0.1, 0.15) is 24.0 Å². The minimum atomic E-state index is -0.240. The van der Waals surface area contributed by atoms with Crippen molar-refractivity contribution >= 4 is 0 Å². The third kappa shape index (κ3) is 4.08. The summed E-state index contributed by atoms with van der Waals surface area (Å²) in [6.07, 6.45) is 2.93. The number of nitrogens with two attached hydrogens (primary N) is 1. The van der Waals surface area contributed by atoms with Crippen LogP contribution in [0.25, 0.3) is 0 Å². The van der Waals surface area contributed by atoms with Crippen molar-refractivity contribution < 1.29 is 19.1 Å². The summed E-state index contributed by atoms with van der Waals surface area (Å²) in [4.78, 5) is 1.31. The minimum absolute atomic E-state index is 0.174. The molecule has 2 aromatic rings. The van der Waals surface area contributed by atoms with E-state index in [4.69, 9.17) is 19.9 Å². The van der Waals surface area contributed by atoms with Gasteiger partial charge in [0.05, 0.1) is 32.3 Å². The van der Waals surface area contributed by atoms with Crippen molar-refractivity contribution in [2.45, 2.75) is 19.3 Å². The van der Waals surface area contributed by atoms with Gasteiger partial charge in [-0.25, -0.2) is 0 Å². The molecule has 0 aliphatic carbocycles. The summed E-state index contributed by atoms with van der Waals surface area (Å²) in [7, 11) is 3.30. The summed E-state index contributed by atoms with van der Waals surface area (Å²) < 4.78 is 16.7. The molecule has 0 saturated heterocycles. The molecule has 164 valence electrons. The monoisotopic (exact) mass is 430 g/mol. The molecule has 0 fully saturated rings. The van der Waals surface area contributed by atoms with Gasteiger partial charge in [-0.2, -0.15) is 5.26 Å². The maximum atomic E-state index is 9.91. The zero-order valence-corrected chi connectivity index (χ0v) is 18.6. The fraction of sp³-hybridized carbons (Fsp3) is 0.269. The molecule has 2 aromatic carbocycles. The number of quaternary nitrogens is 1. The van der Waals surface area contributed by atoms with E-state index in [1.165, 1.54) is 4.90 Å². The molecule has 4 rings (SSSR count). The number of rotatable bonds is 6. The van der Waals surface area contributed by atoms with Gasteiger partial charge >= 0.3 is 0 Å². The first-order valence-corrected chi connectivity index (χ1v) is 10.7. The fourth-order valence-electron chi connectivity index (χ4n) is 4.35. The Morgan fingerprint density at radius 1 is 1.06 bits per heavy atom. The van der Waals surface area contributed by atoms with Crippen molar-refractivity contribution in [3.8, 4) is 17.6 Å². The van der Waals surface area contributed by atoms with E-state index in [2.05, 4.69) is 31.3 Å². The molecule has 1 unspecified atom stereocenters. The van der Waals surface area contributed by atoms with Crippen molar-refractivity contribution in [2.24, 2.45) is 5.73 Å². The maximum absolute atomic E-state index is 9.91. The Labute approximate surface area is 188 Å². The molecule has 0 saturated carbocycles. The van der Waals surface area contributed by atoms with Gasteiger partial charge in [0.2, 0.25) is 5.88 Å². The summed E-state index contributed by atoms with van der Waals surface area (Å²) in [6, 6.07) is 18.2. The van der Waals surface area contributed by atoms with Crippen LogP contribution in [-0.4, -0.2) is 27.3 Å². The van der Waals surface area contributed by atoms with Crippen LogP contribution < -0.4 is 20.1 Å². The summed E-state index contributed by atoms with van der Waals surface area (Å²) in [6.45, 7) is 3.84. The predicted octanol–water partition coefficient (Wildman–Crippen LogP) is 2.81. The Hall–Kier alpha value is -3.69. The predicted molar refractivity (Wildman–Crippen MR) is 122 cm³/mol. The number of methoxy groups -OCH3 is 2. The second-order valence-electron chi connectivity index (χ2n) is 7.94. The average Bonchev–Trinajstić information content (AvgIpc) is 2.84. The molecule has 0 bridgehead atoms. The van der Waals surface area contributed by atoms with Gasteiger partial charge in [-0.05, 0) is 42.3 Å². The highest BCUT2D eigenvalue weighted by molar-refractivity contribution is 5.54. The minimum Gasteiger partial charge on any atom is -0.497 e. The number of ether oxygens (including phenoxy) is 3. The molecule has 2 atom stereocenters. The van der Waals surface area contributed by atoms with Crippen molar-refractivity contribution in [3.05, 3.63) is 94.2 Å². The van der Waals surface area contributed by atoms with E-state index in [0.717, 1.165) is 52.6 Å². The van der Waals surface area contributed by atoms with Gasteiger partial charge in [0.15, 0.2) is 0 Å².